The van der Waals surface area contributed by atoms with Crippen molar-refractivity contribution in [1.29, 1.82) is 0 Å². The maximum Gasteiger partial charge on any atom is 0.509 e. The fourth-order valence-corrected chi connectivity index (χ4v) is 2.48. The normalized spacial score (nSPS) is 20.4. The van der Waals surface area contributed by atoms with E-state index in [1.807, 2.05) is 12.1 Å². The molecule has 0 saturated carbocycles. The van der Waals surface area contributed by atoms with Gasteiger partial charge in [-0.1, -0.05) is 17.7 Å². The van der Waals surface area contributed by atoms with Gasteiger partial charge in [-0.25, -0.2) is 0 Å². The zero-order valence-electron chi connectivity index (χ0n) is 8.64. The van der Waals surface area contributed by atoms with Gasteiger partial charge in [0, 0.05) is 0 Å². The first-order valence-corrected chi connectivity index (χ1v) is 6.44. The van der Waals surface area contributed by atoms with Gasteiger partial charge in [0.1, 0.15) is 11.9 Å². The molecule has 0 spiro atoms. The van der Waals surface area contributed by atoms with Gasteiger partial charge in [-0.2, -0.15) is 4.89 Å². The average molecular weight is 225 g/mol. The lowest BCUT2D eigenvalue weighted by Crippen LogP contribution is -2.24. The van der Waals surface area contributed by atoms with E-state index in [1.165, 1.54) is 11.1 Å². The number of benzene rings is 1. The molecule has 0 fully saturated rings. The molecule has 2 rings (SSSR count). The smallest absolute Gasteiger partial charge is 0.486 e. The number of rotatable bonds is 2. The van der Waals surface area contributed by atoms with Crippen LogP contribution in [0.1, 0.15) is 17.5 Å². The van der Waals surface area contributed by atoms with Crippen LogP contribution in [0.2, 0.25) is 0 Å². The Bertz CT molecular complexity index is 389. The van der Waals surface area contributed by atoms with Crippen molar-refractivity contribution in [2.45, 2.75) is 25.9 Å². The highest BCUT2D eigenvalue weighted by Crippen LogP contribution is 2.31. The van der Waals surface area contributed by atoms with Crippen LogP contribution >= 0.6 is 8.03 Å². The zero-order chi connectivity index (χ0) is 10.8. The summed E-state index contributed by atoms with van der Waals surface area (Å²) in [6, 6.07) is 6.06. The van der Waals surface area contributed by atoms with Crippen molar-refractivity contribution in [3.8, 4) is 5.75 Å². The van der Waals surface area contributed by atoms with Gasteiger partial charge in [-0.05, 0) is 36.0 Å². The first-order valence-electron chi connectivity index (χ1n) is 5.05. The van der Waals surface area contributed by atoms with E-state index in [1.54, 1.807) is 0 Å². The van der Waals surface area contributed by atoms with Gasteiger partial charge in [0.15, 0.2) is 0 Å². The van der Waals surface area contributed by atoms with E-state index in [9.17, 15) is 4.57 Å². The van der Waals surface area contributed by atoms with Gasteiger partial charge in [-0.3, -0.25) is 0 Å². The molecule has 1 N–H and O–H groups in total. The fraction of sp³-hybridized carbons (Fsp3) is 0.455. The number of hydrogen-bond acceptors (Lipinski definition) is 2. The van der Waals surface area contributed by atoms with Crippen molar-refractivity contribution in [2.75, 3.05) is 6.16 Å². The molecule has 2 unspecified atom stereocenters. The second-order valence-electron chi connectivity index (χ2n) is 3.92. The maximum absolute atomic E-state index is 10.7. The fourth-order valence-electron chi connectivity index (χ4n) is 1.88. The minimum atomic E-state index is -2.09. The predicted octanol–water partition coefficient (Wildman–Crippen LogP) is 2.42. The minimum absolute atomic E-state index is 0.103. The molecule has 3 nitrogen and oxygen atoms in total. The van der Waals surface area contributed by atoms with Crippen LogP contribution in [0.4, 0.5) is 0 Å². The van der Waals surface area contributed by atoms with Gasteiger partial charge >= 0.3 is 8.03 Å². The molecule has 4 heteroatoms. The SMILES string of the molecule is Cc1ccc2c(c1)CCC(C[P+](=O)O)O2. The van der Waals surface area contributed by atoms with E-state index >= 15 is 0 Å². The Morgan fingerprint density at radius 3 is 3.13 bits per heavy atom. The standard InChI is InChI=1S/C11H13O3P/c1-8-2-5-11-9(6-8)3-4-10(14-11)7-15(12)13/h2,5-6,10H,3-4,7H2,1H3/p+1. The molecular weight excluding hydrogens is 211 g/mol. The summed E-state index contributed by atoms with van der Waals surface area (Å²) in [5.74, 6) is 0.869. The third-order valence-electron chi connectivity index (χ3n) is 2.61. The van der Waals surface area contributed by atoms with Gasteiger partial charge < -0.3 is 4.74 Å². The van der Waals surface area contributed by atoms with Gasteiger partial charge in [0.05, 0.1) is 0 Å². The Kier molecular flexibility index (Phi) is 3.03. The molecule has 0 radical (unpaired) electrons. The molecule has 15 heavy (non-hydrogen) atoms. The van der Waals surface area contributed by atoms with E-state index in [0.717, 1.165) is 18.6 Å². The highest BCUT2D eigenvalue weighted by molar-refractivity contribution is 7.38. The lowest BCUT2D eigenvalue weighted by Gasteiger charge is -2.23. The summed E-state index contributed by atoms with van der Waals surface area (Å²) in [5, 5.41) is 0. The monoisotopic (exact) mass is 225 g/mol. The Labute approximate surface area is 89.9 Å². The number of aryl methyl sites for hydroxylation is 2. The highest BCUT2D eigenvalue weighted by Gasteiger charge is 2.27. The summed E-state index contributed by atoms with van der Waals surface area (Å²) >= 11 is 0. The molecule has 80 valence electrons. The molecule has 0 bridgehead atoms. The molecule has 2 atom stereocenters. The van der Waals surface area contributed by atoms with Gasteiger partial charge in [0.25, 0.3) is 0 Å². The Morgan fingerprint density at radius 2 is 2.40 bits per heavy atom. The van der Waals surface area contributed by atoms with E-state index in [2.05, 4.69) is 13.0 Å². The van der Waals surface area contributed by atoms with Crippen LogP contribution in [0, 0.1) is 6.92 Å². The Hall–Kier alpha value is -0.920. The maximum atomic E-state index is 10.7. The van der Waals surface area contributed by atoms with Gasteiger partial charge in [0.2, 0.25) is 6.16 Å². The third-order valence-corrected chi connectivity index (χ3v) is 3.32. The molecule has 1 aliphatic heterocycles. The zero-order valence-corrected chi connectivity index (χ0v) is 9.54. The first-order chi connectivity index (χ1) is 7.15. The van der Waals surface area contributed by atoms with Crippen LogP contribution in [0.3, 0.4) is 0 Å². The predicted molar refractivity (Wildman–Crippen MR) is 58.6 cm³/mol. The molecule has 0 saturated heterocycles. The summed E-state index contributed by atoms with van der Waals surface area (Å²) in [5.41, 5.74) is 2.43. The summed E-state index contributed by atoms with van der Waals surface area (Å²) in [7, 11) is -2.09. The van der Waals surface area contributed by atoms with Crippen molar-refractivity contribution in [3.63, 3.8) is 0 Å². The summed E-state index contributed by atoms with van der Waals surface area (Å²) in [4.78, 5) is 8.83. The van der Waals surface area contributed by atoms with Crippen molar-refractivity contribution in [1.82, 2.24) is 0 Å². The minimum Gasteiger partial charge on any atom is -0.486 e. The molecule has 0 aliphatic carbocycles. The van der Waals surface area contributed by atoms with Crippen LogP contribution in [0.5, 0.6) is 5.75 Å². The number of hydrogen-bond donors (Lipinski definition) is 1. The van der Waals surface area contributed by atoms with E-state index < -0.39 is 8.03 Å². The second kappa shape index (κ2) is 4.30. The molecular formula is C11H14O3P+. The molecule has 1 aromatic carbocycles. The first kappa shape index (κ1) is 10.6. The number of fused-ring (bicyclic) bond motifs is 1. The molecule has 1 aliphatic rings. The average Bonchev–Trinajstić information content (AvgIpc) is 2.17. The summed E-state index contributed by atoms with van der Waals surface area (Å²) in [6.07, 6.45) is 1.90. The van der Waals surface area contributed by atoms with Crippen LogP contribution in [-0.4, -0.2) is 17.2 Å². The topological polar surface area (TPSA) is 46.5 Å². The quantitative estimate of drug-likeness (QED) is 0.786. The van der Waals surface area contributed by atoms with Crippen molar-refractivity contribution >= 4 is 8.03 Å². The largest absolute Gasteiger partial charge is 0.509 e. The van der Waals surface area contributed by atoms with Crippen LogP contribution in [0.15, 0.2) is 18.2 Å². The van der Waals surface area contributed by atoms with E-state index in [0.29, 0.717) is 0 Å². The van der Waals surface area contributed by atoms with Crippen LogP contribution in [0.25, 0.3) is 0 Å². The van der Waals surface area contributed by atoms with Crippen molar-refractivity contribution in [2.24, 2.45) is 0 Å². The lowest BCUT2D eigenvalue weighted by molar-refractivity contribution is 0.193. The third kappa shape index (κ3) is 2.55. The van der Waals surface area contributed by atoms with Crippen LogP contribution < -0.4 is 4.74 Å². The van der Waals surface area contributed by atoms with Crippen molar-refractivity contribution in [3.05, 3.63) is 29.3 Å². The van der Waals surface area contributed by atoms with Crippen molar-refractivity contribution < 1.29 is 14.2 Å². The van der Waals surface area contributed by atoms with E-state index in [-0.39, 0.29) is 12.3 Å². The summed E-state index contributed by atoms with van der Waals surface area (Å²) < 4.78 is 16.4. The second-order valence-corrected chi connectivity index (χ2v) is 4.99. The van der Waals surface area contributed by atoms with Gasteiger partial charge in [-0.15, -0.1) is 0 Å². The summed E-state index contributed by atoms with van der Waals surface area (Å²) in [6.45, 7) is 2.05. The lowest BCUT2D eigenvalue weighted by atomic mass is 10.0. The number of ether oxygens (including phenoxy) is 1. The highest BCUT2D eigenvalue weighted by atomic mass is 31.1. The molecule has 1 aromatic rings. The van der Waals surface area contributed by atoms with Crippen LogP contribution in [-0.2, 0) is 11.0 Å². The molecule has 0 amide bonds. The Balaban J connectivity index is 2.13. The van der Waals surface area contributed by atoms with E-state index in [4.69, 9.17) is 9.63 Å². The molecule has 1 heterocycles. The molecule has 0 aromatic heterocycles. The Morgan fingerprint density at radius 1 is 1.60 bits per heavy atom.